The van der Waals surface area contributed by atoms with Gasteiger partial charge in [0.25, 0.3) is 0 Å². The number of anilines is 1. The zero-order chi connectivity index (χ0) is 13.0. The molecule has 0 aliphatic carbocycles. The molecule has 2 rings (SSSR count). The van der Waals surface area contributed by atoms with Gasteiger partial charge in [-0.3, -0.25) is 0 Å². The molecule has 3 heteroatoms. The van der Waals surface area contributed by atoms with Gasteiger partial charge in [-0.25, -0.2) is 0 Å². The Hall–Kier alpha value is -1.01. The van der Waals surface area contributed by atoms with Crippen LogP contribution in [0.1, 0.15) is 37.3 Å². The van der Waals surface area contributed by atoms with Crippen molar-refractivity contribution in [2.24, 2.45) is 5.92 Å². The standard InChI is InChI=1S/C15H19BrN2/c1-2-12-4-3-7-18(11-12)15-6-5-13(9-16)8-14(15)10-17/h5-6,8,12H,2-4,7,9,11H2,1H3. The molecular weight excluding hydrogens is 288 g/mol. The summed E-state index contributed by atoms with van der Waals surface area (Å²) in [5, 5.41) is 10.1. The third-order valence-electron chi connectivity index (χ3n) is 3.77. The van der Waals surface area contributed by atoms with Gasteiger partial charge in [0.2, 0.25) is 0 Å². The molecule has 0 spiro atoms. The molecule has 0 radical (unpaired) electrons. The number of halogens is 1. The second-order valence-corrected chi connectivity index (χ2v) is 5.52. The molecule has 1 saturated heterocycles. The molecule has 2 nitrogen and oxygen atoms in total. The number of hydrogen-bond acceptors (Lipinski definition) is 2. The van der Waals surface area contributed by atoms with Crippen molar-refractivity contribution in [3.05, 3.63) is 29.3 Å². The second kappa shape index (κ2) is 6.24. The first kappa shape index (κ1) is 13.4. The van der Waals surface area contributed by atoms with Gasteiger partial charge in [-0.05, 0) is 36.5 Å². The Morgan fingerprint density at radius 3 is 3.00 bits per heavy atom. The molecule has 18 heavy (non-hydrogen) atoms. The highest BCUT2D eigenvalue weighted by Gasteiger charge is 2.20. The van der Waals surface area contributed by atoms with Crippen molar-refractivity contribution in [3.8, 4) is 6.07 Å². The normalized spacial score (nSPS) is 19.6. The molecule has 0 bridgehead atoms. The maximum Gasteiger partial charge on any atom is 0.101 e. The number of nitriles is 1. The molecule has 1 atom stereocenters. The molecule has 0 N–H and O–H groups in total. The molecule has 1 heterocycles. The number of nitrogens with zero attached hydrogens (tertiary/aromatic N) is 2. The second-order valence-electron chi connectivity index (χ2n) is 4.96. The number of piperidine rings is 1. The Labute approximate surface area is 118 Å². The number of hydrogen-bond donors (Lipinski definition) is 0. The molecule has 1 aromatic carbocycles. The maximum atomic E-state index is 9.30. The van der Waals surface area contributed by atoms with Crippen LogP contribution >= 0.6 is 15.9 Å². The van der Waals surface area contributed by atoms with E-state index in [-0.39, 0.29) is 0 Å². The summed E-state index contributed by atoms with van der Waals surface area (Å²) in [5.74, 6) is 0.779. The van der Waals surface area contributed by atoms with Gasteiger partial charge in [0.15, 0.2) is 0 Å². The number of rotatable bonds is 3. The van der Waals surface area contributed by atoms with Gasteiger partial charge in [0.1, 0.15) is 6.07 Å². The van der Waals surface area contributed by atoms with Crippen LogP contribution in [0.25, 0.3) is 0 Å². The SMILES string of the molecule is CCC1CCCN(c2ccc(CBr)cc2C#N)C1. The molecule has 0 saturated carbocycles. The van der Waals surface area contributed by atoms with Gasteiger partial charge < -0.3 is 4.90 Å². The van der Waals surface area contributed by atoms with Crippen molar-refractivity contribution in [3.63, 3.8) is 0 Å². The van der Waals surface area contributed by atoms with Crippen LogP contribution in [0.15, 0.2) is 18.2 Å². The zero-order valence-corrected chi connectivity index (χ0v) is 12.4. The van der Waals surface area contributed by atoms with E-state index in [4.69, 9.17) is 0 Å². The lowest BCUT2D eigenvalue weighted by Crippen LogP contribution is -2.35. The minimum absolute atomic E-state index is 0.779. The van der Waals surface area contributed by atoms with E-state index in [1.165, 1.54) is 24.8 Å². The minimum Gasteiger partial charge on any atom is -0.370 e. The zero-order valence-electron chi connectivity index (χ0n) is 10.8. The van der Waals surface area contributed by atoms with Crippen molar-refractivity contribution in [1.82, 2.24) is 0 Å². The fraction of sp³-hybridized carbons (Fsp3) is 0.533. The van der Waals surface area contributed by atoms with Crippen molar-refractivity contribution in [2.75, 3.05) is 18.0 Å². The Morgan fingerprint density at radius 2 is 2.33 bits per heavy atom. The molecule has 0 aromatic heterocycles. The van der Waals surface area contributed by atoms with Gasteiger partial charge in [0, 0.05) is 18.4 Å². The largest absolute Gasteiger partial charge is 0.370 e. The van der Waals surface area contributed by atoms with E-state index in [1.54, 1.807) is 0 Å². The summed E-state index contributed by atoms with van der Waals surface area (Å²) in [4.78, 5) is 2.38. The van der Waals surface area contributed by atoms with Gasteiger partial charge in [0.05, 0.1) is 11.3 Å². The topological polar surface area (TPSA) is 27.0 Å². The summed E-state index contributed by atoms with van der Waals surface area (Å²) in [6.45, 7) is 4.44. The molecule has 1 fully saturated rings. The summed E-state index contributed by atoms with van der Waals surface area (Å²) < 4.78 is 0. The van der Waals surface area contributed by atoms with Crippen LogP contribution in [0.3, 0.4) is 0 Å². The first-order valence-corrected chi connectivity index (χ1v) is 7.74. The molecule has 1 aliphatic rings. The predicted octanol–water partition coefficient (Wildman–Crippen LogP) is 4.08. The van der Waals surface area contributed by atoms with Crippen molar-refractivity contribution in [1.29, 1.82) is 5.26 Å². The Morgan fingerprint density at radius 1 is 1.50 bits per heavy atom. The summed E-state index contributed by atoms with van der Waals surface area (Å²) >= 11 is 3.44. The summed E-state index contributed by atoms with van der Waals surface area (Å²) in [7, 11) is 0. The fourth-order valence-electron chi connectivity index (χ4n) is 2.65. The van der Waals surface area contributed by atoms with E-state index in [1.807, 2.05) is 6.07 Å². The minimum atomic E-state index is 0.779. The molecule has 96 valence electrons. The average molecular weight is 307 g/mol. The summed E-state index contributed by atoms with van der Waals surface area (Å²) in [5.41, 5.74) is 3.09. The van der Waals surface area contributed by atoms with Crippen LogP contribution in [0, 0.1) is 17.2 Å². The molecule has 1 aliphatic heterocycles. The molecule has 1 aromatic rings. The van der Waals surface area contributed by atoms with Gasteiger partial charge >= 0.3 is 0 Å². The molecular formula is C15H19BrN2. The highest BCUT2D eigenvalue weighted by atomic mass is 79.9. The Balaban J connectivity index is 2.24. The Bertz CT molecular complexity index is 450. The van der Waals surface area contributed by atoms with Crippen LogP contribution in [-0.2, 0) is 5.33 Å². The van der Waals surface area contributed by atoms with E-state index in [2.05, 4.69) is 46.0 Å². The molecule has 1 unspecified atom stereocenters. The summed E-state index contributed by atoms with van der Waals surface area (Å²) in [6, 6.07) is 8.55. The van der Waals surface area contributed by atoms with E-state index >= 15 is 0 Å². The average Bonchev–Trinajstić information content (AvgIpc) is 2.46. The number of benzene rings is 1. The van der Waals surface area contributed by atoms with Crippen LogP contribution in [0.5, 0.6) is 0 Å². The van der Waals surface area contributed by atoms with E-state index in [9.17, 15) is 5.26 Å². The van der Waals surface area contributed by atoms with Gasteiger partial charge in [-0.2, -0.15) is 5.26 Å². The van der Waals surface area contributed by atoms with Gasteiger partial charge in [-0.1, -0.05) is 35.3 Å². The number of alkyl halides is 1. The first-order chi connectivity index (χ1) is 8.78. The quantitative estimate of drug-likeness (QED) is 0.787. The lowest BCUT2D eigenvalue weighted by atomic mass is 9.94. The van der Waals surface area contributed by atoms with Crippen LogP contribution < -0.4 is 4.90 Å². The van der Waals surface area contributed by atoms with Crippen molar-refractivity contribution in [2.45, 2.75) is 31.5 Å². The predicted molar refractivity (Wildman–Crippen MR) is 79.0 cm³/mol. The first-order valence-electron chi connectivity index (χ1n) is 6.62. The monoisotopic (exact) mass is 306 g/mol. The highest BCUT2D eigenvalue weighted by molar-refractivity contribution is 9.08. The van der Waals surface area contributed by atoms with Crippen LogP contribution in [0.4, 0.5) is 5.69 Å². The third-order valence-corrected chi connectivity index (χ3v) is 4.42. The Kier molecular flexibility index (Phi) is 4.66. The maximum absolute atomic E-state index is 9.30. The van der Waals surface area contributed by atoms with Crippen LogP contribution in [-0.4, -0.2) is 13.1 Å². The third kappa shape index (κ3) is 2.87. The smallest absolute Gasteiger partial charge is 0.101 e. The van der Waals surface area contributed by atoms with Crippen molar-refractivity contribution >= 4 is 21.6 Å². The van der Waals surface area contributed by atoms with Crippen molar-refractivity contribution < 1.29 is 0 Å². The fourth-order valence-corrected chi connectivity index (χ4v) is 3.00. The van der Waals surface area contributed by atoms with E-state index in [0.717, 1.165) is 35.6 Å². The van der Waals surface area contributed by atoms with E-state index in [0.29, 0.717) is 0 Å². The highest BCUT2D eigenvalue weighted by Crippen LogP contribution is 2.28. The van der Waals surface area contributed by atoms with Gasteiger partial charge in [-0.15, -0.1) is 0 Å². The summed E-state index contributed by atoms with van der Waals surface area (Å²) in [6.07, 6.45) is 3.80. The van der Waals surface area contributed by atoms with E-state index < -0.39 is 0 Å². The molecule has 0 amide bonds. The lowest BCUT2D eigenvalue weighted by Gasteiger charge is -2.34. The lowest BCUT2D eigenvalue weighted by molar-refractivity contribution is 0.404. The van der Waals surface area contributed by atoms with Crippen LogP contribution in [0.2, 0.25) is 0 Å².